The molecule has 29 heavy (non-hydrogen) atoms. The third kappa shape index (κ3) is 4.29. The van der Waals surface area contributed by atoms with E-state index in [0.29, 0.717) is 17.9 Å². The molecule has 2 aromatic carbocycles. The van der Waals surface area contributed by atoms with Crippen LogP contribution in [0.2, 0.25) is 0 Å². The Morgan fingerprint density at radius 3 is 2.55 bits per heavy atom. The van der Waals surface area contributed by atoms with Gasteiger partial charge in [-0.2, -0.15) is 0 Å². The number of carbonyl (C=O) groups is 1. The summed E-state index contributed by atoms with van der Waals surface area (Å²) in [6.07, 6.45) is 3.94. The lowest BCUT2D eigenvalue weighted by Gasteiger charge is -2.14. The maximum atomic E-state index is 12.5. The van der Waals surface area contributed by atoms with Gasteiger partial charge >= 0.3 is 0 Å². The first-order chi connectivity index (χ1) is 14.1. The van der Waals surface area contributed by atoms with E-state index in [9.17, 15) is 4.79 Å². The molecule has 4 rings (SSSR count). The van der Waals surface area contributed by atoms with Crippen molar-refractivity contribution in [2.45, 2.75) is 26.5 Å². The third-order valence-electron chi connectivity index (χ3n) is 4.88. The quantitative estimate of drug-likeness (QED) is 0.523. The molecule has 1 atom stereocenters. The number of nitrogens with one attached hydrogen (secondary N) is 1. The van der Waals surface area contributed by atoms with Gasteiger partial charge in [0.1, 0.15) is 18.0 Å². The number of fused-ring (bicyclic) bond motifs is 1. The first-order valence-electron chi connectivity index (χ1n) is 9.62. The van der Waals surface area contributed by atoms with Gasteiger partial charge in [0.25, 0.3) is 5.91 Å². The summed E-state index contributed by atoms with van der Waals surface area (Å²) in [6, 6.07) is 21.0. The standard InChI is InChI=1S/C24H23N3O2/c1-17-7-6-14-27-15-21(26-23(17)27)16-29-22-12-10-20(11-13-22)24(28)25-18(2)19-8-4-3-5-9-19/h3-15,18H,16H2,1-2H3,(H,25,28). The molecule has 5 nitrogen and oxygen atoms in total. The Labute approximate surface area is 170 Å². The van der Waals surface area contributed by atoms with E-state index in [2.05, 4.69) is 10.3 Å². The zero-order valence-corrected chi connectivity index (χ0v) is 16.5. The Kier molecular flexibility index (Phi) is 5.29. The smallest absolute Gasteiger partial charge is 0.251 e. The lowest BCUT2D eigenvalue weighted by molar-refractivity contribution is 0.0940. The topological polar surface area (TPSA) is 55.6 Å². The number of carbonyl (C=O) groups excluding carboxylic acids is 1. The summed E-state index contributed by atoms with van der Waals surface area (Å²) in [5.74, 6) is 0.593. The Balaban J connectivity index is 1.37. The largest absolute Gasteiger partial charge is 0.487 e. The van der Waals surface area contributed by atoms with E-state index in [1.165, 1.54) is 0 Å². The van der Waals surface area contributed by atoms with E-state index in [1.807, 2.05) is 85.2 Å². The normalized spacial score (nSPS) is 11.9. The minimum atomic E-state index is -0.108. The zero-order chi connectivity index (χ0) is 20.2. The molecule has 0 aliphatic rings. The summed E-state index contributed by atoms with van der Waals surface area (Å²) in [5.41, 5.74) is 4.59. The van der Waals surface area contributed by atoms with Gasteiger partial charge in [-0.25, -0.2) is 4.98 Å². The molecule has 4 aromatic rings. The fraction of sp³-hybridized carbons (Fsp3) is 0.167. The predicted molar refractivity (Wildman–Crippen MR) is 113 cm³/mol. The molecule has 146 valence electrons. The van der Waals surface area contributed by atoms with Crippen LogP contribution in [0.15, 0.2) is 79.1 Å². The number of hydrogen-bond donors (Lipinski definition) is 1. The fourth-order valence-corrected chi connectivity index (χ4v) is 3.24. The van der Waals surface area contributed by atoms with Gasteiger partial charge in [-0.15, -0.1) is 0 Å². The van der Waals surface area contributed by atoms with Crippen molar-refractivity contribution in [3.05, 3.63) is 102 Å². The van der Waals surface area contributed by atoms with Crippen LogP contribution in [-0.4, -0.2) is 15.3 Å². The predicted octanol–water partition coefficient (Wildman–Crippen LogP) is 4.71. The molecule has 0 fully saturated rings. The zero-order valence-electron chi connectivity index (χ0n) is 16.5. The molecule has 0 saturated carbocycles. The molecule has 1 unspecified atom stereocenters. The van der Waals surface area contributed by atoms with Crippen molar-refractivity contribution in [2.24, 2.45) is 0 Å². The van der Waals surface area contributed by atoms with Crippen LogP contribution in [0.1, 0.15) is 40.1 Å². The summed E-state index contributed by atoms with van der Waals surface area (Å²) in [7, 11) is 0. The molecule has 2 aromatic heterocycles. The van der Waals surface area contributed by atoms with E-state index in [1.54, 1.807) is 12.1 Å². The van der Waals surface area contributed by atoms with Gasteiger partial charge in [0.15, 0.2) is 0 Å². The highest BCUT2D eigenvalue weighted by Gasteiger charge is 2.11. The Morgan fingerprint density at radius 2 is 1.83 bits per heavy atom. The van der Waals surface area contributed by atoms with Gasteiger partial charge in [-0.3, -0.25) is 4.79 Å². The number of aryl methyl sites for hydroxylation is 1. The van der Waals surface area contributed by atoms with E-state index in [0.717, 1.165) is 22.5 Å². The van der Waals surface area contributed by atoms with Crippen molar-refractivity contribution >= 4 is 11.6 Å². The number of aromatic nitrogens is 2. The lowest BCUT2D eigenvalue weighted by atomic mass is 10.1. The molecule has 1 N–H and O–H groups in total. The number of hydrogen-bond acceptors (Lipinski definition) is 3. The maximum Gasteiger partial charge on any atom is 0.251 e. The fourth-order valence-electron chi connectivity index (χ4n) is 3.24. The first kappa shape index (κ1) is 18.7. The molecule has 0 spiro atoms. The van der Waals surface area contributed by atoms with Crippen LogP contribution in [0.25, 0.3) is 5.65 Å². The molecule has 1 amide bonds. The number of nitrogens with zero attached hydrogens (tertiary/aromatic N) is 2. The summed E-state index contributed by atoms with van der Waals surface area (Å²) >= 11 is 0. The second-order valence-electron chi connectivity index (χ2n) is 7.07. The van der Waals surface area contributed by atoms with Crippen LogP contribution in [0.3, 0.4) is 0 Å². The van der Waals surface area contributed by atoms with Crippen molar-refractivity contribution < 1.29 is 9.53 Å². The number of imidazole rings is 1. The summed E-state index contributed by atoms with van der Waals surface area (Å²) in [6.45, 7) is 4.38. The second kappa shape index (κ2) is 8.19. The molecule has 2 heterocycles. The van der Waals surface area contributed by atoms with Crippen molar-refractivity contribution in [1.29, 1.82) is 0 Å². The van der Waals surface area contributed by atoms with E-state index >= 15 is 0 Å². The molecule has 0 aliphatic heterocycles. The highest BCUT2D eigenvalue weighted by molar-refractivity contribution is 5.94. The van der Waals surface area contributed by atoms with Crippen molar-refractivity contribution in [2.75, 3.05) is 0 Å². The van der Waals surface area contributed by atoms with Crippen LogP contribution in [-0.2, 0) is 6.61 Å². The highest BCUT2D eigenvalue weighted by Crippen LogP contribution is 2.17. The van der Waals surface area contributed by atoms with Crippen molar-refractivity contribution in [3.8, 4) is 5.75 Å². The van der Waals surface area contributed by atoms with Crippen LogP contribution in [0, 0.1) is 6.92 Å². The number of rotatable bonds is 6. The molecular formula is C24H23N3O2. The molecular weight excluding hydrogens is 362 g/mol. The van der Waals surface area contributed by atoms with Crippen molar-refractivity contribution in [1.82, 2.24) is 14.7 Å². The molecule has 5 heteroatoms. The molecule has 0 radical (unpaired) electrons. The third-order valence-corrected chi connectivity index (χ3v) is 4.88. The Bertz CT molecular complexity index is 1120. The van der Waals surface area contributed by atoms with E-state index in [-0.39, 0.29) is 11.9 Å². The Morgan fingerprint density at radius 1 is 1.07 bits per heavy atom. The van der Waals surface area contributed by atoms with Gasteiger partial charge in [0, 0.05) is 18.0 Å². The summed E-state index contributed by atoms with van der Waals surface area (Å²) < 4.78 is 7.83. The van der Waals surface area contributed by atoms with Crippen molar-refractivity contribution in [3.63, 3.8) is 0 Å². The summed E-state index contributed by atoms with van der Waals surface area (Å²) in [4.78, 5) is 17.1. The van der Waals surface area contributed by atoms with Gasteiger partial charge in [-0.05, 0) is 55.3 Å². The van der Waals surface area contributed by atoms with Gasteiger partial charge < -0.3 is 14.5 Å². The first-order valence-corrected chi connectivity index (χ1v) is 9.62. The minimum Gasteiger partial charge on any atom is -0.487 e. The number of benzene rings is 2. The molecule has 0 aliphatic carbocycles. The minimum absolute atomic E-state index is 0.0573. The average molecular weight is 385 g/mol. The van der Waals surface area contributed by atoms with Crippen LogP contribution in [0.4, 0.5) is 0 Å². The number of amides is 1. The van der Waals surface area contributed by atoms with E-state index < -0.39 is 0 Å². The van der Waals surface area contributed by atoms with Crippen LogP contribution >= 0.6 is 0 Å². The average Bonchev–Trinajstić information content (AvgIpc) is 3.18. The number of pyridine rings is 1. The lowest BCUT2D eigenvalue weighted by Crippen LogP contribution is -2.26. The van der Waals surface area contributed by atoms with E-state index in [4.69, 9.17) is 4.74 Å². The SMILES string of the molecule is Cc1cccn2cc(COc3ccc(C(=O)NC(C)c4ccccc4)cc3)nc12. The van der Waals surface area contributed by atoms with Gasteiger partial charge in [0.05, 0.1) is 11.7 Å². The molecule has 0 saturated heterocycles. The molecule has 0 bridgehead atoms. The highest BCUT2D eigenvalue weighted by atomic mass is 16.5. The Hall–Kier alpha value is -3.60. The van der Waals surface area contributed by atoms with Crippen LogP contribution < -0.4 is 10.1 Å². The maximum absolute atomic E-state index is 12.5. The monoisotopic (exact) mass is 385 g/mol. The summed E-state index contributed by atoms with van der Waals surface area (Å²) in [5, 5.41) is 3.02. The van der Waals surface area contributed by atoms with Crippen LogP contribution in [0.5, 0.6) is 5.75 Å². The second-order valence-corrected chi connectivity index (χ2v) is 7.07. The van der Waals surface area contributed by atoms with Gasteiger partial charge in [0.2, 0.25) is 0 Å². The van der Waals surface area contributed by atoms with Gasteiger partial charge in [-0.1, -0.05) is 36.4 Å². The number of ether oxygens (including phenoxy) is 1.